The summed E-state index contributed by atoms with van der Waals surface area (Å²) in [7, 11) is 0. The van der Waals surface area contributed by atoms with Crippen LogP contribution in [0.5, 0.6) is 5.75 Å². The highest BCUT2D eigenvalue weighted by Gasteiger charge is 2.32. The summed E-state index contributed by atoms with van der Waals surface area (Å²) in [5, 5.41) is 4.99. The summed E-state index contributed by atoms with van der Waals surface area (Å²) < 4.78 is 5.80. The molecule has 0 saturated heterocycles. The predicted molar refractivity (Wildman–Crippen MR) is 93.3 cm³/mol. The molecule has 1 heterocycles. The largest absolute Gasteiger partial charge is 0.477 e. The summed E-state index contributed by atoms with van der Waals surface area (Å²) in [5.74, 6) is -0.239. The molecule has 4 amide bonds. The molecule has 136 valence electrons. The third-order valence-corrected chi connectivity index (χ3v) is 4.08. The quantitative estimate of drug-likeness (QED) is 0.702. The van der Waals surface area contributed by atoms with Gasteiger partial charge in [-0.3, -0.25) is 14.9 Å². The van der Waals surface area contributed by atoms with Gasteiger partial charge < -0.3 is 20.7 Å². The van der Waals surface area contributed by atoms with Crippen LogP contribution in [0.2, 0.25) is 0 Å². The zero-order chi connectivity index (χ0) is 18.4. The second-order valence-electron chi connectivity index (χ2n) is 5.89. The fraction of sp³-hybridized carbons (Fsp3) is 0.471. The van der Waals surface area contributed by atoms with Gasteiger partial charge in [-0.15, -0.1) is 0 Å². The molecule has 0 unspecified atom stereocenters. The first-order valence-electron chi connectivity index (χ1n) is 8.34. The van der Waals surface area contributed by atoms with Crippen molar-refractivity contribution in [2.75, 3.05) is 18.0 Å². The van der Waals surface area contributed by atoms with Crippen LogP contribution >= 0.6 is 0 Å². The van der Waals surface area contributed by atoms with E-state index in [4.69, 9.17) is 10.5 Å². The number of amides is 4. The predicted octanol–water partition coefficient (Wildman–Crippen LogP) is 0.754. The number of para-hydroxylation sites is 2. The third kappa shape index (κ3) is 4.85. The van der Waals surface area contributed by atoms with Crippen LogP contribution < -0.4 is 26.0 Å². The SMILES string of the molecule is CCC(CC)NC(=O)[C@H]1CN(CC(=O)NC(N)=O)c2ccccc2O1. The van der Waals surface area contributed by atoms with E-state index in [1.54, 1.807) is 23.1 Å². The number of nitrogens with two attached hydrogens (primary N) is 1. The van der Waals surface area contributed by atoms with Crippen LogP contribution in [0.4, 0.5) is 10.5 Å². The molecule has 8 nitrogen and oxygen atoms in total. The van der Waals surface area contributed by atoms with E-state index in [9.17, 15) is 14.4 Å². The minimum absolute atomic E-state index is 0.0832. The summed E-state index contributed by atoms with van der Waals surface area (Å²) in [4.78, 5) is 36.9. The molecule has 0 radical (unpaired) electrons. The Morgan fingerprint density at radius 2 is 1.96 bits per heavy atom. The monoisotopic (exact) mass is 348 g/mol. The van der Waals surface area contributed by atoms with Gasteiger partial charge in [0.25, 0.3) is 5.91 Å². The number of hydrogen-bond acceptors (Lipinski definition) is 5. The number of fused-ring (bicyclic) bond motifs is 1. The van der Waals surface area contributed by atoms with Crippen molar-refractivity contribution < 1.29 is 19.1 Å². The Balaban J connectivity index is 2.14. The molecule has 0 fully saturated rings. The lowest BCUT2D eigenvalue weighted by atomic mass is 10.1. The molecular weight excluding hydrogens is 324 g/mol. The van der Waals surface area contributed by atoms with Gasteiger partial charge in [-0.05, 0) is 25.0 Å². The fourth-order valence-corrected chi connectivity index (χ4v) is 2.73. The van der Waals surface area contributed by atoms with Crippen LogP contribution in [0, 0.1) is 0 Å². The zero-order valence-electron chi connectivity index (χ0n) is 14.5. The van der Waals surface area contributed by atoms with E-state index in [1.165, 1.54) is 0 Å². The van der Waals surface area contributed by atoms with E-state index >= 15 is 0 Å². The first-order chi connectivity index (χ1) is 11.9. The fourth-order valence-electron chi connectivity index (χ4n) is 2.73. The van der Waals surface area contributed by atoms with Crippen LogP contribution in [-0.2, 0) is 9.59 Å². The van der Waals surface area contributed by atoms with E-state index in [2.05, 4.69) is 5.32 Å². The number of rotatable bonds is 6. The van der Waals surface area contributed by atoms with E-state index in [0.717, 1.165) is 12.8 Å². The number of primary amides is 1. The highest BCUT2D eigenvalue weighted by molar-refractivity contribution is 5.96. The Morgan fingerprint density at radius 1 is 1.28 bits per heavy atom. The van der Waals surface area contributed by atoms with Crippen LogP contribution in [0.25, 0.3) is 0 Å². The van der Waals surface area contributed by atoms with Gasteiger partial charge in [0.1, 0.15) is 5.75 Å². The average molecular weight is 348 g/mol. The Hall–Kier alpha value is -2.77. The van der Waals surface area contributed by atoms with E-state index < -0.39 is 18.0 Å². The number of anilines is 1. The maximum Gasteiger partial charge on any atom is 0.318 e. The maximum absolute atomic E-state index is 12.5. The second kappa shape index (κ2) is 8.36. The Labute approximate surface area is 146 Å². The third-order valence-electron chi connectivity index (χ3n) is 4.08. The van der Waals surface area contributed by atoms with Crippen LogP contribution in [0.3, 0.4) is 0 Å². The number of imide groups is 1. The topological polar surface area (TPSA) is 114 Å². The first kappa shape index (κ1) is 18.6. The molecule has 0 saturated carbocycles. The summed E-state index contributed by atoms with van der Waals surface area (Å²) in [5.41, 5.74) is 5.66. The van der Waals surface area contributed by atoms with Gasteiger partial charge in [0.05, 0.1) is 18.8 Å². The van der Waals surface area contributed by atoms with Gasteiger partial charge in [0.15, 0.2) is 6.10 Å². The standard InChI is InChI=1S/C17H24N4O4/c1-3-11(4-2)19-16(23)14-9-21(10-15(22)20-17(18)24)12-7-5-6-8-13(12)25-14/h5-8,11,14H,3-4,9-10H2,1-2H3,(H,19,23)(H3,18,20,22,24)/t14-/m1/s1. The summed E-state index contributed by atoms with van der Waals surface area (Å²) >= 11 is 0. The molecule has 1 aliphatic rings. The highest BCUT2D eigenvalue weighted by atomic mass is 16.5. The number of benzene rings is 1. The molecular formula is C17H24N4O4. The molecule has 1 aliphatic heterocycles. The average Bonchev–Trinajstić information content (AvgIpc) is 2.58. The van der Waals surface area contributed by atoms with Gasteiger partial charge in [0, 0.05) is 6.04 Å². The zero-order valence-corrected chi connectivity index (χ0v) is 14.5. The van der Waals surface area contributed by atoms with E-state index in [-0.39, 0.29) is 25.0 Å². The smallest absolute Gasteiger partial charge is 0.318 e. The molecule has 2 rings (SSSR count). The molecule has 4 N–H and O–H groups in total. The maximum atomic E-state index is 12.5. The van der Waals surface area contributed by atoms with Crippen LogP contribution in [-0.4, -0.2) is 43.1 Å². The summed E-state index contributed by atoms with van der Waals surface area (Å²) in [6, 6.07) is 6.31. The van der Waals surface area contributed by atoms with Crippen molar-refractivity contribution in [2.24, 2.45) is 5.73 Å². The number of ether oxygens (including phenoxy) is 1. The lowest BCUT2D eigenvalue weighted by Crippen LogP contribution is -2.53. The number of nitrogens with one attached hydrogen (secondary N) is 2. The van der Waals surface area contributed by atoms with Crippen molar-refractivity contribution in [3.05, 3.63) is 24.3 Å². The molecule has 1 aromatic rings. The van der Waals surface area contributed by atoms with Gasteiger partial charge in [-0.2, -0.15) is 0 Å². The first-order valence-corrected chi connectivity index (χ1v) is 8.34. The van der Waals surface area contributed by atoms with Gasteiger partial charge >= 0.3 is 6.03 Å². The number of carbonyl (C=O) groups excluding carboxylic acids is 3. The van der Waals surface area contributed by atoms with E-state index in [0.29, 0.717) is 11.4 Å². The summed E-state index contributed by atoms with van der Waals surface area (Å²) in [6.45, 7) is 4.12. The van der Waals surface area contributed by atoms with Crippen molar-refractivity contribution >= 4 is 23.5 Å². The molecule has 1 atom stereocenters. The minimum atomic E-state index is -0.908. The molecule has 25 heavy (non-hydrogen) atoms. The Kier molecular flexibility index (Phi) is 6.21. The summed E-state index contributed by atoms with van der Waals surface area (Å²) in [6.07, 6.45) is 0.920. The Bertz CT molecular complexity index is 645. The lowest BCUT2D eigenvalue weighted by Gasteiger charge is -2.35. The Morgan fingerprint density at radius 3 is 2.60 bits per heavy atom. The molecule has 0 bridgehead atoms. The number of nitrogens with zero attached hydrogens (tertiary/aromatic N) is 1. The molecule has 8 heteroatoms. The second-order valence-corrected chi connectivity index (χ2v) is 5.89. The van der Waals surface area contributed by atoms with Crippen molar-refractivity contribution in [2.45, 2.75) is 38.8 Å². The van der Waals surface area contributed by atoms with Crippen molar-refractivity contribution in [3.63, 3.8) is 0 Å². The number of hydrogen-bond donors (Lipinski definition) is 3. The lowest BCUT2D eigenvalue weighted by molar-refractivity contribution is -0.129. The van der Waals surface area contributed by atoms with Gasteiger partial charge in [0.2, 0.25) is 5.91 Å². The van der Waals surface area contributed by atoms with Crippen molar-refractivity contribution in [3.8, 4) is 5.75 Å². The minimum Gasteiger partial charge on any atom is -0.477 e. The number of carbonyl (C=O) groups is 3. The van der Waals surface area contributed by atoms with Gasteiger partial charge in [-0.1, -0.05) is 26.0 Å². The molecule has 0 aromatic heterocycles. The normalized spacial score (nSPS) is 16.0. The van der Waals surface area contributed by atoms with E-state index in [1.807, 2.05) is 25.2 Å². The van der Waals surface area contributed by atoms with Crippen molar-refractivity contribution in [1.82, 2.24) is 10.6 Å². The van der Waals surface area contributed by atoms with Crippen molar-refractivity contribution in [1.29, 1.82) is 0 Å². The molecule has 1 aromatic carbocycles. The highest BCUT2D eigenvalue weighted by Crippen LogP contribution is 2.32. The molecule has 0 spiro atoms. The number of urea groups is 1. The van der Waals surface area contributed by atoms with Crippen LogP contribution in [0.1, 0.15) is 26.7 Å². The van der Waals surface area contributed by atoms with Crippen LogP contribution in [0.15, 0.2) is 24.3 Å². The molecule has 0 aliphatic carbocycles. The van der Waals surface area contributed by atoms with Gasteiger partial charge in [-0.25, -0.2) is 4.79 Å².